The van der Waals surface area contributed by atoms with Crippen molar-refractivity contribution < 1.29 is 14.7 Å². The first-order valence-corrected chi connectivity index (χ1v) is 9.03. The van der Waals surface area contributed by atoms with E-state index in [0.29, 0.717) is 24.0 Å². The Morgan fingerprint density at radius 3 is 2.78 bits per heavy atom. The first-order chi connectivity index (χ1) is 13.1. The van der Waals surface area contributed by atoms with E-state index < -0.39 is 6.10 Å². The lowest BCUT2D eigenvalue weighted by atomic mass is 9.83. The summed E-state index contributed by atoms with van der Waals surface area (Å²) in [5, 5.41) is 23.2. The Kier molecular flexibility index (Phi) is 4.80. The molecule has 1 aromatic carbocycles. The highest BCUT2D eigenvalue weighted by Crippen LogP contribution is 2.26. The molecule has 0 aliphatic heterocycles. The lowest BCUT2D eigenvalue weighted by Gasteiger charge is -2.26. The molecule has 138 valence electrons. The van der Waals surface area contributed by atoms with Crippen molar-refractivity contribution in [2.45, 2.75) is 38.5 Å². The number of nitrogens with zero attached hydrogens (tertiary/aromatic N) is 3. The van der Waals surface area contributed by atoms with Gasteiger partial charge in [-0.15, -0.1) is 0 Å². The highest BCUT2D eigenvalue weighted by molar-refractivity contribution is 5.59. The summed E-state index contributed by atoms with van der Waals surface area (Å²) in [6.45, 7) is 2.17. The van der Waals surface area contributed by atoms with Gasteiger partial charge in [-0.05, 0) is 44.0 Å². The molecule has 2 N–H and O–H groups in total. The van der Waals surface area contributed by atoms with Crippen molar-refractivity contribution in [2.24, 2.45) is 5.92 Å². The van der Waals surface area contributed by atoms with Gasteiger partial charge in [0.1, 0.15) is 17.6 Å². The SMILES string of the molecule is C[C@H](O)c1nccn1Cc1cc(-c2ccc(C#CC3CC(O)C3)cc2)on1. The second kappa shape index (κ2) is 7.39. The monoisotopic (exact) mass is 363 g/mol. The minimum Gasteiger partial charge on any atom is -0.393 e. The molecule has 1 fully saturated rings. The van der Waals surface area contributed by atoms with Crippen LogP contribution in [0.15, 0.2) is 47.2 Å². The van der Waals surface area contributed by atoms with Gasteiger partial charge in [0.2, 0.25) is 0 Å². The molecule has 0 spiro atoms. The molecule has 0 amide bonds. The Bertz CT molecular complexity index is 970. The lowest BCUT2D eigenvalue weighted by Crippen LogP contribution is -2.26. The second-order valence-electron chi connectivity index (χ2n) is 6.94. The van der Waals surface area contributed by atoms with Gasteiger partial charge in [-0.1, -0.05) is 17.0 Å². The molecule has 2 aromatic heterocycles. The third kappa shape index (κ3) is 3.95. The molecule has 0 radical (unpaired) electrons. The third-order valence-corrected chi connectivity index (χ3v) is 4.72. The normalized spacial score (nSPS) is 19.8. The first kappa shape index (κ1) is 17.5. The number of aromatic nitrogens is 3. The van der Waals surface area contributed by atoms with E-state index in [0.717, 1.165) is 29.7 Å². The fourth-order valence-corrected chi connectivity index (χ4v) is 3.13. The molecule has 6 nitrogen and oxygen atoms in total. The molecule has 1 atom stereocenters. The summed E-state index contributed by atoms with van der Waals surface area (Å²) in [7, 11) is 0. The zero-order chi connectivity index (χ0) is 18.8. The van der Waals surface area contributed by atoms with Crippen molar-refractivity contribution in [1.82, 2.24) is 14.7 Å². The van der Waals surface area contributed by atoms with Crippen molar-refractivity contribution in [3.63, 3.8) is 0 Å². The van der Waals surface area contributed by atoms with Gasteiger partial charge in [-0.25, -0.2) is 4.98 Å². The maximum atomic E-state index is 9.74. The molecular formula is C21H21N3O3. The number of rotatable bonds is 4. The zero-order valence-electron chi connectivity index (χ0n) is 15.0. The molecule has 0 bridgehead atoms. The van der Waals surface area contributed by atoms with Crippen molar-refractivity contribution in [3.05, 3.63) is 59.8 Å². The number of aliphatic hydroxyl groups excluding tert-OH is 2. The fourth-order valence-electron chi connectivity index (χ4n) is 3.13. The van der Waals surface area contributed by atoms with Gasteiger partial charge < -0.3 is 19.3 Å². The Balaban J connectivity index is 1.44. The van der Waals surface area contributed by atoms with Crippen LogP contribution < -0.4 is 0 Å². The molecule has 2 heterocycles. The predicted octanol–water partition coefficient (Wildman–Crippen LogP) is 2.76. The molecule has 0 unspecified atom stereocenters. The van der Waals surface area contributed by atoms with E-state index in [9.17, 15) is 10.2 Å². The van der Waals surface area contributed by atoms with Gasteiger partial charge in [0, 0.05) is 35.5 Å². The van der Waals surface area contributed by atoms with Crippen LogP contribution >= 0.6 is 0 Å². The molecule has 4 rings (SSSR count). The Hall–Kier alpha value is -2.88. The lowest BCUT2D eigenvalue weighted by molar-refractivity contribution is 0.0666. The quantitative estimate of drug-likeness (QED) is 0.697. The van der Waals surface area contributed by atoms with Gasteiger partial charge in [0.15, 0.2) is 5.76 Å². The van der Waals surface area contributed by atoms with Crippen LogP contribution in [0.4, 0.5) is 0 Å². The minimum atomic E-state index is -0.636. The number of aliphatic hydroxyl groups is 2. The van der Waals surface area contributed by atoms with Crippen LogP contribution in [0.25, 0.3) is 11.3 Å². The molecule has 1 aliphatic carbocycles. The average Bonchev–Trinajstić information content (AvgIpc) is 3.28. The molecular weight excluding hydrogens is 342 g/mol. The molecule has 27 heavy (non-hydrogen) atoms. The van der Waals surface area contributed by atoms with Crippen molar-refractivity contribution in [1.29, 1.82) is 0 Å². The van der Waals surface area contributed by atoms with Crippen LogP contribution in [0.2, 0.25) is 0 Å². The molecule has 6 heteroatoms. The van der Waals surface area contributed by atoms with Crippen LogP contribution in [0.3, 0.4) is 0 Å². The Morgan fingerprint density at radius 2 is 2.07 bits per heavy atom. The smallest absolute Gasteiger partial charge is 0.167 e. The van der Waals surface area contributed by atoms with E-state index in [1.165, 1.54) is 0 Å². The summed E-state index contributed by atoms with van der Waals surface area (Å²) < 4.78 is 7.32. The topological polar surface area (TPSA) is 84.3 Å². The van der Waals surface area contributed by atoms with E-state index in [2.05, 4.69) is 22.0 Å². The molecule has 1 aliphatic rings. The van der Waals surface area contributed by atoms with Gasteiger partial charge in [0.05, 0.1) is 12.6 Å². The minimum absolute atomic E-state index is 0.175. The summed E-state index contributed by atoms with van der Waals surface area (Å²) >= 11 is 0. The van der Waals surface area contributed by atoms with E-state index in [4.69, 9.17) is 4.52 Å². The standard InChI is InChI=1S/C21H21N3O3/c1-14(25)21-22-8-9-24(21)13-18-12-20(27-23-18)17-6-4-15(5-7-17)2-3-16-10-19(26)11-16/h4-9,12,14,16,19,25-26H,10-11,13H2,1H3/t14-,16?,19?/m0/s1. The van der Waals surface area contributed by atoms with Gasteiger partial charge in [0.25, 0.3) is 0 Å². The van der Waals surface area contributed by atoms with E-state index in [1.807, 2.05) is 41.1 Å². The van der Waals surface area contributed by atoms with Crippen molar-refractivity contribution in [2.75, 3.05) is 0 Å². The van der Waals surface area contributed by atoms with Crippen molar-refractivity contribution >= 4 is 0 Å². The van der Waals surface area contributed by atoms with Crippen LogP contribution in [-0.2, 0) is 6.54 Å². The zero-order valence-corrected chi connectivity index (χ0v) is 15.0. The fraction of sp³-hybridized carbons (Fsp3) is 0.333. The second-order valence-corrected chi connectivity index (χ2v) is 6.94. The molecule has 3 aromatic rings. The van der Waals surface area contributed by atoms with E-state index in [-0.39, 0.29) is 6.10 Å². The summed E-state index contributed by atoms with van der Waals surface area (Å²) in [4.78, 5) is 4.16. The first-order valence-electron chi connectivity index (χ1n) is 9.03. The summed E-state index contributed by atoms with van der Waals surface area (Å²) in [6, 6.07) is 9.73. The number of hydrogen-bond donors (Lipinski definition) is 2. The maximum absolute atomic E-state index is 9.74. The van der Waals surface area contributed by atoms with Gasteiger partial charge in [-0.3, -0.25) is 0 Å². The predicted molar refractivity (Wildman–Crippen MR) is 99.5 cm³/mol. The summed E-state index contributed by atoms with van der Waals surface area (Å²) in [5.74, 6) is 7.94. The maximum Gasteiger partial charge on any atom is 0.167 e. The highest BCUT2D eigenvalue weighted by Gasteiger charge is 2.25. The summed E-state index contributed by atoms with van der Waals surface area (Å²) in [6.07, 6.45) is 4.21. The van der Waals surface area contributed by atoms with E-state index in [1.54, 1.807) is 13.1 Å². The van der Waals surface area contributed by atoms with Crippen LogP contribution in [0.5, 0.6) is 0 Å². The summed E-state index contributed by atoms with van der Waals surface area (Å²) in [5.41, 5.74) is 2.64. The third-order valence-electron chi connectivity index (χ3n) is 4.72. The van der Waals surface area contributed by atoms with Gasteiger partial charge in [-0.2, -0.15) is 0 Å². The highest BCUT2D eigenvalue weighted by atomic mass is 16.5. The number of benzene rings is 1. The molecule has 1 saturated carbocycles. The van der Waals surface area contributed by atoms with Crippen LogP contribution in [-0.4, -0.2) is 31.0 Å². The average molecular weight is 363 g/mol. The van der Waals surface area contributed by atoms with Gasteiger partial charge >= 0.3 is 0 Å². The van der Waals surface area contributed by atoms with Crippen molar-refractivity contribution in [3.8, 4) is 23.2 Å². The van der Waals surface area contributed by atoms with Crippen LogP contribution in [0.1, 0.15) is 43.0 Å². The largest absolute Gasteiger partial charge is 0.393 e. The number of imidazole rings is 1. The van der Waals surface area contributed by atoms with E-state index >= 15 is 0 Å². The Labute approximate surface area is 157 Å². The number of hydrogen-bond acceptors (Lipinski definition) is 5. The Morgan fingerprint density at radius 1 is 1.30 bits per heavy atom. The molecule has 0 saturated heterocycles. The van der Waals surface area contributed by atoms with Crippen LogP contribution in [0, 0.1) is 17.8 Å².